The Morgan fingerprint density at radius 1 is 1.15 bits per heavy atom. The number of carbonyl (C=O) groups excluding carboxylic acids is 1. The van der Waals surface area contributed by atoms with Gasteiger partial charge in [-0.25, -0.2) is 4.99 Å². The second kappa shape index (κ2) is 9.08. The third-order valence-corrected chi connectivity index (χ3v) is 6.19. The number of aliphatic imine (C=N–C) groups is 1. The highest BCUT2D eigenvalue weighted by molar-refractivity contribution is 14.0. The van der Waals surface area contributed by atoms with Crippen molar-refractivity contribution in [2.24, 2.45) is 16.3 Å². The molecule has 1 amide bonds. The van der Waals surface area contributed by atoms with Crippen molar-refractivity contribution >= 4 is 35.8 Å². The molecule has 2 N–H and O–H groups in total. The summed E-state index contributed by atoms with van der Waals surface area (Å²) in [6, 6.07) is 0.821. The summed E-state index contributed by atoms with van der Waals surface area (Å²) in [5, 5.41) is 7.22. The molecule has 0 aromatic rings. The molecule has 1 heterocycles. The van der Waals surface area contributed by atoms with Crippen LogP contribution in [-0.2, 0) is 9.53 Å². The van der Waals surface area contributed by atoms with E-state index < -0.39 is 0 Å². The van der Waals surface area contributed by atoms with Crippen LogP contribution in [0.25, 0.3) is 0 Å². The lowest BCUT2D eigenvalue weighted by atomic mass is 9.55. The van der Waals surface area contributed by atoms with Crippen molar-refractivity contribution in [3.63, 3.8) is 0 Å². The molecule has 6 nitrogen and oxygen atoms in total. The normalized spacial score (nSPS) is 30.6. The average molecular weight is 478 g/mol. The minimum atomic E-state index is 0. The third kappa shape index (κ3) is 4.64. The molecular formula is C19H35IN4O2. The highest BCUT2D eigenvalue weighted by Gasteiger charge is 2.58. The fraction of sp³-hybridized carbons (Fsp3) is 0.895. The minimum Gasteiger partial charge on any atom is -0.377 e. The molecule has 0 spiro atoms. The molecule has 7 heteroatoms. The molecule has 3 aliphatic rings. The van der Waals surface area contributed by atoms with Gasteiger partial charge in [-0.05, 0) is 25.7 Å². The predicted molar refractivity (Wildman–Crippen MR) is 115 cm³/mol. The number of guanidine groups is 1. The highest BCUT2D eigenvalue weighted by atomic mass is 127. The number of hydrogen-bond acceptors (Lipinski definition) is 3. The van der Waals surface area contributed by atoms with Gasteiger partial charge in [0, 0.05) is 44.1 Å². The molecule has 3 unspecified atom stereocenters. The van der Waals surface area contributed by atoms with Gasteiger partial charge in [0.2, 0.25) is 5.91 Å². The first kappa shape index (κ1) is 21.7. The lowest BCUT2D eigenvalue weighted by Crippen LogP contribution is -2.71. The molecular weight excluding hydrogens is 443 g/mol. The van der Waals surface area contributed by atoms with Gasteiger partial charge in [-0.2, -0.15) is 0 Å². The molecule has 2 saturated carbocycles. The third-order valence-electron chi connectivity index (χ3n) is 6.19. The smallest absolute Gasteiger partial charge is 0.243 e. The van der Waals surface area contributed by atoms with E-state index in [0.717, 1.165) is 19.0 Å². The first-order chi connectivity index (χ1) is 11.9. The Morgan fingerprint density at radius 3 is 2.50 bits per heavy atom. The van der Waals surface area contributed by atoms with E-state index in [1.165, 1.54) is 32.1 Å². The topological polar surface area (TPSA) is 66.0 Å². The van der Waals surface area contributed by atoms with Crippen LogP contribution in [0, 0.1) is 11.3 Å². The largest absolute Gasteiger partial charge is 0.377 e. The molecule has 0 aromatic carbocycles. The zero-order chi connectivity index (χ0) is 18.0. The number of fused-ring (bicyclic) bond motifs is 1. The van der Waals surface area contributed by atoms with Gasteiger partial charge in [-0.1, -0.05) is 26.7 Å². The fourth-order valence-corrected chi connectivity index (χ4v) is 4.65. The minimum absolute atomic E-state index is 0. The van der Waals surface area contributed by atoms with Crippen LogP contribution in [0.1, 0.15) is 52.4 Å². The maximum absolute atomic E-state index is 12.0. The van der Waals surface area contributed by atoms with Gasteiger partial charge in [-0.15, -0.1) is 24.0 Å². The summed E-state index contributed by atoms with van der Waals surface area (Å²) < 4.78 is 6.01. The van der Waals surface area contributed by atoms with Crippen molar-refractivity contribution in [3.8, 4) is 0 Å². The van der Waals surface area contributed by atoms with Crippen LogP contribution in [0.5, 0.6) is 0 Å². The Morgan fingerprint density at radius 2 is 1.85 bits per heavy atom. The van der Waals surface area contributed by atoms with E-state index >= 15 is 0 Å². The van der Waals surface area contributed by atoms with Gasteiger partial charge in [0.1, 0.15) is 6.54 Å². The van der Waals surface area contributed by atoms with Crippen LogP contribution >= 0.6 is 24.0 Å². The lowest BCUT2D eigenvalue weighted by Gasteiger charge is -2.60. The van der Waals surface area contributed by atoms with E-state index in [1.807, 2.05) is 0 Å². The maximum atomic E-state index is 12.0. The molecule has 1 aliphatic heterocycles. The van der Waals surface area contributed by atoms with Gasteiger partial charge < -0.3 is 20.3 Å². The molecule has 150 valence electrons. The lowest BCUT2D eigenvalue weighted by molar-refractivity contribution is -0.188. The van der Waals surface area contributed by atoms with E-state index in [-0.39, 0.29) is 41.8 Å². The van der Waals surface area contributed by atoms with E-state index in [9.17, 15) is 4.79 Å². The Labute approximate surface area is 174 Å². The predicted octanol–water partition coefficient (Wildman–Crippen LogP) is 2.37. The number of ether oxygens (including phenoxy) is 1. The van der Waals surface area contributed by atoms with Crippen LogP contribution in [0.4, 0.5) is 0 Å². The number of halogens is 1. The maximum Gasteiger partial charge on any atom is 0.243 e. The van der Waals surface area contributed by atoms with Crippen LogP contribution in [-0.4, -0.2) is 62.2 Å². The van der Waals surface area contributed by atoms with E-state index in [1.54, 1.807) is 19.0 Å². The summed E-state index contributed by atoms with van der Waals surface area (Å²) in [5.41, 5.74) is 0.0920. The molecule has 3 fully saturated rings. The number of likely N-dealkylation sites (N-methyl/N-ethyl adjacent to an activating group) is 1. The zero-order valence-corrected chi connectivity index (χ0v) is 18.9. The van der Waals surface area contributed by atoms with E-state index in [0.29, 0.717) is 24.1 Å². The van der Waals surface area contributed by atoms with Crippen molar-refractivity contribution in [1.82, 2.24) is 15.5 Å². The summed E-state index contributed by atoms with van der Waals surface area (Å²) in [4.78, 5) is 18.1. The van der Waals surface area contributed by atoms with Gasteiger partial charge >= 0.3 is 0 Å². The molecule has 0 aromatic heterocycles. The van der Waals surface area contributed by atoms with Gasteiger partial charge in [0.15, 0.2) is 5.96 Å². The van der Waals surface area contributed by atoms with Crippen molar-refractivity contribution in [2.75, 3.05) is 27.2 Å². The van der Waals surface area contributed by atoms with Crippen molar-refractivity contribution in [2.45, 2.75) is 70.6 Å². The van der Waals surface area contributed by atoms with Crippen LogP contribution in [0.15, 0.2) is 4.99 Å². The Bertz CT molecular complexity index is 518. The summed E-state index contributed by atoms with van der Waals surface area (Å²) in [6.07, 6.45) is 7.60. The summed E-state index contributed by atoms with van der Waals surface area (Å²) in [7, 11) is 3.54. The van der Waals surface area contributed by atoms with Crippen LogP contribution in [0.2, 0.25) is 0 Å². The van der Waals surface area contributed by atoms with Crippen LogP contribution < -0.4 is 10.6 Å². The number of hydrogen-bond donors (Lipinski definition) is 2. The average Bonchev–Trinajstić information content (AvgIpc) is 3.09. The first-order valence-corrected chi connectivity index (χ1v) is 9.79. The summed E-state index contributed by atoms with van der Waals surface area (Å²) >= 11 is 0. The molecule has 3 atom stereocenters. The van der Waals surface area contributed by atoms with E-state index in [4.69, 9.17) is 4.74 Å². The summed E-state index contributed by atoms with van der Waals surface area (Å²) in [6.45, 7) is 5.62. The Balaban J connectivity index is 0.00000243. The second-order valence-electron chi connectivity index (χ2n) is 8.62. The Hall–Kier alpha value is -0.570. The molecule has 0 bridgehead atoms. The van der Waals surface area contributed by atoms with E-state index in [2.05, 4.69) is 29.5 Å². The fourth-order valence-electron chi connectivity index (χ4n) is 4.65. The number of nitrogens with zero attached hydrogens (tertiary/aromatic N) is 2. The molecule has 26 heavy (non-hydrogen) atoms. The van der Waals surface area contributed by atoms with Crippen molar-refractivity contribution < 1.29 is 9.53 Å². The SMILES string of the molecule is CN(C)C(=O)CN=C(NC1CCCC1)NC1C2CCCOC2C1(C)C.I. The standard InChI is InChI=1S/C19H34N4O2.HI/c1-19(2)16(14-10-7-11-25-17(14)19)22-18(20-12-15(24)23(3)4)21-13-8-5-6-9-13;/h13-14,16-17H,5-12H2,1-4H3,(H2,20,21,22);1H. The number of nitrogens with one attached hydrogen (secondary N) is 2. The van der Waals surface area contributed by atoms with Crippen LogP contribution in [0.3, 0.4) is 0 Å². The number of rotatable bonds is 4. The van der Waals surface area contributed by atoms with Gasteiger partial charge in [-0.3, -0.25) is 4.79 Å². The molecule has 3 rings (SSSR count). The van der Waals surface area contributed by atoms with Gasteiger partial charge in [0.25, 0.3) is 0 Å². The van der Waals surface area contributed by atoms with Crippen molar-refractivity contribution in [3.05, 3.63) is 0 Å². The molecule has 2 aliphatic carbocycles. The number of carbonyl (C=O) groups is 1. The summed E-state index contributed by atoms with van der Waals surface area (Å²) in [5.74, 6) is 1.37. The number of amides is 1. The van der Waals surface area contributed by atoms with Gasteiger partial charge in [0.05, 0.1) is 6.10 Å². The molecule has 1 saturated heterocycles. The zero-order valence-electron chi connectivity index (χ0n) is 16.6. The second-order valence-corrected chi connectivity index (χ2v) is 8.62. The Kier molecular flexibility index (Phi) is 7.59. The first-order valence-electron chi connectivity index (χ1n) is 9.79. The molecule has 0 radical (unpaired) electrons. The quantitative estimate of drug-likeness (QED) is 0.370. The monoisotopic (exact) mass is 478 g/mol. The van der Waals surface area contributed by atoms with Crippen molar-refractivity contribution in [1.29, 1.82) is 0 Å². The highest BCUT2D eigenvalue weighted by Crippen LogP contribution is 2.51.